The molecule has 0 spiro atoms. The van der Waals surface area contributed by atoms with Gasteiger partial charge in [-0.05, 0) is 44.6 Å². The van der Waals surface area contributed by atoms with E-state index in [2.05, 4.69) is 27.3 Å². The maximum absolute atomic E-state index is 12.8. The van der Waals surface area contributed by atoms with E-state index >= 15 is 0 Å². The predicted molar refractivity (Wildman–Crippen MR) is 106 cm³/mol. The molecule has 0 aromatic carbocycles. The van der Waals surface area contributed by atoms with Gasteiger partial charge in [-0.2, -0.15) is 10.1 Å². The fourth-order valence-corrected chi connectivity index (χ4v) is 4.08. The van der Waals surface area contributed by atoms with Crippen LogP contribution in [0.15, 0.2) is 6.33 Å². The molecule has 3 rings (SSSR count). The Morgan fingerprint density at radius 3 is 2.79 bits per heavy atom. The first kappa shape index (κ1) is 20.2. The number of carbonyl (C=O) groups is 2. The number of piperidine rings is 1. The highest BCUT2D eigenvalue weighted by atomic mass is 16.2. The van der Waals surface area contributed by atoms with E-state index in [-0.39, 0.29) is 17.9 Å². The van der Waals surface area contributed by atoms with Crippen LogP contribution in [0.2, 0.25) is 0 Å². The van der Waals surface area contributed by atoms with Crippen LogP contribution in [-0.4, -0.2) is 55.4 Å². The summed E-state index contributed by atoms with van der Waals surface area (Å²) < 4.78 is 1.72. The number of rotatable bonds is 6. The van der Waals surface area contributed by atoms with Crippen LogP contribution < -0.4 is 5.32 Å². The molecular formula is C20H30N6O2. The molecule has 8 nitrogen and oxygen atoms in total. The summed E-state index contributed by atoms with van der Waals surface area (Å²) in [6, 6.07) is 0.171. The molecule has 1 fully saturated rings. The number of hydrogen-bond acceptors (Lipinski definition) is 5. The minimum Gasteiger partial charge on any atom is -0.353 e. The molecule has 0 saturated carbocycles. The van der Waals surface area contributed by atoms with Crippen LogP contribution in [0.4, 0.5) is 0 Å². The summed E-state index contributed by atoms with van der Waals surface area (Å²) in [4.78, 5) is 35.2. The van der Waals surface area contributed by atoms with E-state index < -0.39 is 0 Å². The highest BCUT2D eigenvalue weighted by Crippen LogP contribution is 2.22. The Morgan fingerprint density at radius 2 is 2.07 bits per heavy atom. The molecule has 1 saturated heterocycles. The van der Waals surface area contributed by atoms with Crippen LogP contribution in [0, 0.1) is 19.8 Å². The Bertz CT molecular complexity index is 862. The molecule has 2 atom stereocenters. The SMILES string of the molecule is CCC(=O)N[C@H]1CCN(C(=O)CCc2c(C)nc3ncnn3c2C)C[C@H]1CC. The molecule has 152 valence electrons. The van der Waals surface area contributed by atoms with E-state index in [1.165, 1.54) is 6.33 Å². The minimum absolute atomic E-state index is 0.0881. The molecule has 3 heterocycles. The van der Waals surface area contributed by atoms with Gasteiger partial charge in [0.1, 0.15) is 6.33 Å². The molecule has 2 aromatic rings. The summed E-state index contributed by atoms with van der Waals surface area (Å²) >= 11 is 0. The van der Waals surface area contributed by atoms with Crippen LogP contribution in [0.3, 0.4) is 0 Å². The van der Waals surface area contributed by atoms with Crippen molar-refractivity contribution in [2.75, 3.05) is 13.1 Å². The Labute approximate surface area is 165 Å². The lowest BCUT2D eigenvalue weighted by Gasteiger charge is -2.38. The van der Waals surface area contributed by atoms with Crippen molar-refractivity contribution in [3.8, 4) is 0 Å². The van der Waals surface area contributed by atoms with Gasteiger partial charge in [0.05, 0.1) is 0 Å². The van der Waals surface area contributed by atoms with Gasteiger partial charge < -0.3 is 10.2 Å². The van der Waals surface area contributed by atoms with Crippen molar-refractivity contribution in [1.82, 2.24) is 29.8 Å². The standard InChI is InChI=1S/C20H30N6O2/c1-5-15-11-25(10-9-17(15)24-18(27)6-2)19(28)8-7-16-13(3)23-20-21-12-22-26(20)14(16)4/h12,15,17H,5-11H2,1-4H3,(H,24,27)/t15-,17+/m1/s1. The average molecular weight is 387 g/mol. The number of carbonyl (C=O) groups excluding carboxylic acids is 2. The van der Waals surface area contributed by atoms with Gasteiger partial charge in [-0.1, -0.05) is 13.8 Å². The van der Waals surface area contributed by atoms with Gasteiger partial charge in [0, 0.05) is 43.4 Å². The monoisotopic (exact) mass is 386 g/mol. The Hall–Kier alpha value is -2.51. The third kappa shape index (κ3) is 4.15. The zero-order chi connectivity index (χ0) is 20.3. The molecule has 1 aliphatic heterocycles. The normalized spacial score (nSPS) is 19.8. The van der Waals surface area contributed by atoms with Crippen molar-refractivity contribution >= 4 is 17.6 Å². The second kappa shape index (κ2) is 8.67. The van der Waals surface area contributed by atoms with Gasteiger partial charge in [0.15, 0.2) is 0 Å². The first-order chi connectivity index (χ1) is 13.4. The molecule has 0 bridgehead atoms. The van der Waals surface area contributed by atoms with Gasteiger partial charge >= 0.3 is 0 Å². The van der Waals surface area contributed by atoms with E-state index in [0.717, 1.165) is 29.8 Å². The van der Waals surface area contributed by atoms with E-state index in [9.17, 15) is 9.59 Å². The summed E-state index contributed by atoms with van der Waals surface area (Å²) in [6.07, 6.45) is 4.85. The Balaban J connectivity index is 1.62. The third-order valence-electron chi connectivity index (χ3n) is 5.86. The number of nitrogens with zero attached hydrogens (tertiary/aromatic N) is 5. The van der Waals surface area contributed by atoms with E-state index in [4.69, 9.17) is 0 Å². The summed E-state index contributed by atoms with van der Waals surface area (Å²) in [7, 11) is 0. The quantitative estimate of drug-likeness (QED) is 0.818. The van der Waals surface area contributed by atoms with Crippen molar-refractivity contribution in [2.45, 2.75) is 65.8 Å². The van der Waals surface area contributed by atoms with Crippen LogP contribution in [0.25, 0.3) is 5.78 Å². The van der Waals surface area contributed by atoms with Gasteiger partial charge in [0.2, 0.25) is 11.8 Å². The lowest BCUT2D eigenvalue weighted by atomic mass is 9.89. The number of fused-ring (bicyclic) bond motifs is 1. The molecule has 0 radical (unpaired) electrons. The fourth-order valence-electron chi connectivity index (χ4n) is 4.08. The number of amides is 2. The van der Waals surface area contributed by atoms with Crippen molar-refractivity contribution in [3.63, 3.8) is 0 Å². The summed E-state index contributed by atoms with van der Waals surface area (Å²) in [6.45, 7) is 9.34. The largest absolute Gasteiger partial charge is 0.353 e. The highest BCUT2D eigenvalue weighted by molar-refractivity contribution is 5.77. The number of nitrogens with one attached hydrogen (secondary N) is 1. The number of aromatic nitrogens is 4. The van der Waals surface area contributed by atoms with Crippen LogP contribution in [0.1, 0.15) is 56.5 Å². The van der Waals surface area contributed by atoms with Gasteiger partial charge in [-0.15, -0.1) is 0 Å². The second-order valence-electron chi connectivity index (χ2n) is 7.56. The molecule has 2 aromatic heterocycles. The zero-order valence-electron chi connectivity index (χ0n) is 17.2. The van der Waals surface area contributed by atoms with Crippen LogP contribution in [-0.2, 0) is 16.0 Å². The minimum atomic E-state index is 0.0881. The predicted octanol–water partition coefficient (Wildman–Crippen LogP) is 1.83. The molecule has 1 aliphatic rings. The molecule has 28 heavy (non-hydrogen) atoms. The van der Waals surface area contributed by atoms with E-state index in [0.29, 0.717) is 44.0 Å². The van der Waals surface area contributed by atoms with Gasteiger partial charge in [-0.3, -0.25) is 9.59 Å². The summed E-state index contributed by atoms with van der Waals surface area (Å²) in [5.41, 5.74) is 2.95. The Morgan fingerprint density at radius 1 is 1.29 bits per heavy atom. The van der Waals surface area contributed by atoms with Crippen molar-refractivity contribution in [2.24, 2.45) is 5.92 Å². The molecule has 8 heteroatoms. The lowest BCUT2D eigenvalue weighted by molar-refractivity contribution is -0.133. The summed E-state index contributed by atoms with van der Waals surface area (Å²) in [5, 5.41) is 7.33. The van der Waals surface area contributed by atoms with Crippen molar-refractivity contribution in [3.05, 3.63) is 23.3 Å². The molecule has 1 N–H and O–H groups in total. The lowest BCUT2D eigenvalue weighted by Crippen LogP contribution is -2.52. The van der Waals surface area contributed by atoms with Crippen LogP contribution >= 0.6 is 0 Å². The Kier molecular flexibility index (Phi) is 6.26. The molecule has 0 unspecified atom stereocenters. The number of aryl methyl sites for hydroxylation is 2. The van der Waals surface area contributed by atoms with Crippen molar-refractivity contribution < 1.29 is 9.59 Å². The fraction of sp³-hybridized carbons (Fsp3) is 0.650. The van der Waals surface area contributed by atoms with E-state index in [1.54, 1.807) is 4.52 Å². The maximum Gasteiger partial charge on any atom is 0.252 e. The second-order valence-corrected chi connectivity index (χ2v) is 7.56. The smallest absolute Gasteiger partial charge is 0.252 e. The molecule has 0 aliphatic carbocycles. The number of hydrogen-bond donors (Lipinski definition) is 1. The molecular weight excluding hydrogens is 356 g/mol. The van der Waals surface area contributed by atoms with E-state index in [1.807, 2.05) is 25.7 Å². The highest BCUT2D eigenvalue weighted by Gasteiger charge is 2.31. The van der Waals surface area contributed by atoms with Crippen LogP contribution in [0.5, 0.6) is 0 Å². The maximum atomic E-state index is 12.8. The first-order valence-corrected chi connectivity index (χ1v) is 10.2. The third-order valence-corrected chi connectivity index (χ3v) is 5.86. The van der Waals surface area contributed by atoms with Gasteiger partial charge in [-0.25, -0.2) is 9.50 Å². The number of likely N-dealkylation sites (tertiary alicyclic amines) is 1. The summed E-state index contributed by atoms with van der Waals surface area (Å²) in [5.74, 6) is 1.15. The topological polar surface area (TPSA) is 92.5 Å². The zero-order valence-corrected chi connectivity index (χ0v) is 17.2. The van der Waals surface area contributed by atoms with Crippen molar-refractivity contribution in [1.29, 1.82) is 0 Å². The first-order valence-electron chi connectivity index (χ1n) is 10.2. The average Bonchev–Trinajstić information content (AvgIpc) is 3.16. The van der Waals surface area contributed by atoms with Gasteiger partial charge in [0.25, 0.3) is 5.78 Å². The molecule has 2 amide bonds.